The van der Waals surface area contributed by atoms with Crippen molar-refractivity contribution in [3.63, 3.8) is 0 Å². The number of para-hydroxylation sites is 2. The number of benzene rings is 10. The molecule has 0 aliphatic carbocycles. The summed E-state index contributed by atoms with van der Waals surface area (Å²) >= 11 is 0. The summed E-state index contributed by atoms with van der Waals surface area (Å²) in [6, 6.07) is 94.2. The lowest BCUT2D eigenvalue weighted by atomic mass is 9.98. The normalized spacial score (nSPS) is 11.5. The number of fused-ring (bicyclic) bond motifs is 6. The van der Waals surface area contributed by atoms with Gasteiger partial charge in [-0.3, -0.25) is 0 Å². The molecular weight excluding hydrogens is 823 g/mol. The lowest BCUT2D eigenvalue weighted by Crippen LogP contribution is -1.96. The van der Waals surface area contributed by atoms with Crippen molar-refractivity contribution in [1.29, 1.82) is 0 Å². The second kappa shape index (κ2) is 16.4. The van der Waals surface area contributed by atoms with Gasteiger partial charge >= 0.3 is 0 Å². The molecule has 318 valence electrons. The van der Waals surface area contributed by atoms with Crippen LogP contribution in [0.2, 0.25) is 0 Å². The summed E-state index contributed by atoms with van der Waals surface area (Å²) in [5.41, 5.74) is 20.5. The Labute approximate surface area is 395 Å². The summed E-state index contributed by atoms with van der Waals surface area (Å²) in [7, 11) is 0. The standard InChI is InChI=1S/C65H43N3/c1-5-17-44(18-6-1)51-37-52(45-19-7-2-8-20-45)39-55(38-51)68-63-28-16-14-26-57(63)59-41-50(32-36-65(59)68)49-31-35-64-58(40-49)56-25-13-15-27-62(56)67(64)54-33-29-48(30-34-54)61-43-53(46-21-9-3-10-22-46)42-60(66-61)47-23-11-4-12-24-47/h1-43H. The predicted molar refractivity (Wildman–Crippen MR) is 286 cm³/mol. The van der Waals surface area contributed by atoms with Crippen molar-refractivity contribution < 1.29 is 0 Å². The minimum absolute atomic E-state index is 0.946. The van der Waals surface area contributed by atoms with Crippen molar-refractivity contribution in [1.82, 2.24) is 14.1 Å². The van der Waals surface area contributed by atoms with Crippen LogP contribution in [0.1, 0.15) is 0 Å². The fourth-order valence-electron chi connectivity index (χ4n) is 10.2. The molecule has 13 rings (SSSR count). The topological polar surface area (TPSA) is 22.8 Å². The zero-order valence-corrected chi connectivity index (χ0v) is 37.2. The van der Waals surface area contributed by atoms with E-state index in [0.717, 1.165) is 39.5 Å². The number of rotatable bonds is 8. The molecule has 3 heteroatoms. The van der Waals surface area contributed by atoms with Crippen LogP contribution < -0.4 is 0 Å². The molecule has 0 unspecified atom stereocenters. The quantitative estimate of drug-likeness (QED) is 0.149. The molecule has 0 bridgehead atoms. The van der Waals surface area contributed by atoms with Crippen molar-refractivity contribution >= 4 is 43.6 Å². The fraction of sp³-hybridized carbons (Fsp3) is 0. The van der Waals surface area contributed by atoms with E-state index in [-0.39, 0.29) is 0 Å². The lowest BCUT2D eigenvalue weighted by Gasteiger charge is -2.14. The maximum absolute atomic E-state index is 5.20. The molecule has 0 saturated heterocycles. The van der Waals surface area contributed by atoms with Crippen molar-refractivity contribution in [3.8, 4) is 78.4 Å². The highest BCUT2D eigenvalue weighted by molar-refractivity contribution is 6.13. The van der Waals surface area contributed by atoms with Crippen LogP contribution in [0.4, 0.5) is 0 Å². The smallest absolute Gasteiger partial charge is 0.0715 e. The van der Waals surface area contributed by atoms with Gasteiger partial charge in [-0.15, -0.1) is 0 Å². The van der Waals surface area contributed by atoms with Crippen molar-refractivity contribution in [2.45, 2.75) is 0 Å². The first-order chi connectivity index (χ1) is 33.7. The number of nitrogens with zero attached hydrogens (tertiary/aromatic N) is 3. The van der Waals surface area contributed by atoms with Gasteiger partial charge < -0.3 is 9.13 Å². The minimum Gasteiger partial charge on any atom is -0.309 e. The van der Waals surface area contributed by atoms with Gasteiger partial charge in [0.05, 0.1) is 33.5 Å². The molecule has 10 aromatic carbocycles. The second-order valence-electron chi connectivity index (χ2n) is 17.6. The highest BCUT2D eigenvalue weighted by Gasteiger charge is 2.18. The minimum atomic E-state index is 0.946. The van der Waals surface area contributed by atoms with Crippen molar-refractivity contribution in [3.05, 3.63) is 261 Å². The van der Waals surface area contributed by atoms with E-state index in [9.17, 15) is 0 Å². The molecule has 0 atom stereocenters. The van der Waals surface area contributed by atoms with Gasteiger partial charge in [0.25, 0.3) is 0 Å². The molecule has 3 heterocycles. The number of hydrogen-bond donors (Lipinski definition) is 0. The van der Waals surface area contributed by atoms with Crippen LogP contribution in [-0.4, -0.2) is 14.1 Å². The summed E-state index contributed by atoms with van der Waals surface area (Å²) in [6.45, 7) is 0. The third-order valence-corrected chi connectivity index (χ3v) is 13.5. The van der Waals surface area contributed by atoms with E-state index in [0.29, 0.717) is 0 Å². The Hall–Kier alpha value is -9.05. The average molecular weight is 866 g/mol. The first kappa shape index (κ1) is 39.3. The average Bonchev–Trinajstić information content (AvgIpc) is 3.94. The third kappa shape index (κ3) is 6.88. The molecule has 0 aliphatic heterocycles. The molecule has 3 nitrogen and oxygen atoms in total. The molecule has 68 heavy (non-hydrogen) atoms. The third-order valence-electron chi connectivity index (χ3n) is 13.5. The molecule has 0 radical (unpaired) electrons. The largest absolute Gasteiger partial charge is 0.309 e. The maximum atomic E-state index is 5.20. The molecule has 0 saturated carbocycles. The van der Waals surface area contributed by atoms with Gasteiger partial charge in [0, 0.05) is 44.0 Å². The lowest BCUT2D eigenvalue weighted by molar-refractivity contribution is 1.18. The molecule has 0 spiro atoms. The molecule has 13 aromatic rings. The van der Waals surface area contributed by atoms with Crippen LogP contribution in [0.15, 0.2) is 261 Å². The SMILES string of the molecule is c1ccc(-c2cc(-c3ccccc3)cc(-n3c4ccccc4c4cc(-c5ccc6c(c5)c5ccccc5n6-c5ccc(-c6cc(-c7ccccc7)cc(-c7ccccc7)n6)cc5)ccc43)c2)cc1. The first-order valence-corrected chi connectivity index (χ1v) is 23.3. The Morgan fingerprint density at radius 3 is 1.03 bits per heavy atom. The number of hydrogen-bond acceptors (Lipinski definition) is 1. The van der Waals surface area contributed by atoms with Gasteiger partial charge in [0.1, 0.15) is 0 Å². The number of pyridine rings is 1. The van der Waals surface area contributed by atoms with Gasteiger partial charge in [0.15, 0.2) is 0 Å². The van der Waals surface area contributed by atoms with E-state index >= 15 is 0 Å². The summed E-state index contributed by atoms with van der Waals surface area (Å²) in [6.07, 6.45) is 0. The maximum Gasteiger partial charge on any atom is 0.0715 e. The molecular formula is C65H43N3. The van der Waals surface area contributed by atoms with E-state index in [2.05, 4.69) is 264 Å². The highest BCUT2D eigenvalue weighted by Crippen LogP contribution is 2.40. The van der Waals surface area contributed by atoms with E-state index in [1.54, 1.807) is 0 Å². The Morgan fingerprint density at radius 1 is 0.206 bits per heavy atom. The zero-order chi connectivity index (χ0) is 45.0. The summed E-state index contributed by atoms with van der Waals surface area (Å²) in [4.78, 5) is 5.20. The fourth-order valence-corrected chi connectivity index (χ4v) is 10.2. The van der Waals surface area contributed by atoms with Gasteiger partial charge in [-0.25, -0.2) is 4.98 Å². The van der Waals surface area contributed by atoms with Crippen LogP contribution in [-0.2, 0) is 0 Å². The van der Waals surface area contributed by atoms with Gasteiger partial charge in [-0.05, 0) is 123 Å². The Balaban J connectivity index is 0.903. The summed E-state index contributed by atoms with van der Waals surface area (Å²) < 4.78 is 4.83. The summed E-state index contributed by atoms with van der Waals surface area (Å²) in [5, 5.41) is 4.91. The number of aromatic nitrogens is 3. The Bertz CT molecular complexity index is 3860. The van der Waals surface area contributed by atoms with Gasteiger partial charge in [-0.2, -0.15) is 0 Å². The molecule has 0 N–H and O–H groups in total. The van der Waals surface area contributed by atoms with Crippen molar-refractivity contribution in [2.75, 3.05) is 0 Å². The second-order valence-corrected chi connectivity index (χ2v) is 17.6. The van der Waals surface area contributed by atoms with E-state index in [4.69, 9.17) is 4.98 Å². The monoisotopic (exact) mass is 865 g/mol. The van der Waals surface area contributed by atoms with Crippen molar-refractivity contribution in [2.24, 2.45) is 0 Å². The Morgan fingerprint density at radius 2 is 0.559 bits per heavy atom. The summed E-state index contributed by atoms with van der Waals surface area (Å²) in [5.74, 6) is 0. The van der Waals surface area contributed by atoms with Crippen LogP contribution in [0.25, 0.3) is 122 Å². The van der Waals surface area contributed by atoms with Crippen LogP contribution >= 0.6 is 0 Å². The van der Waals surface area contributed by atoms with Crippen LogP contribution in [0, 0.1) is 0 Å². The zero-order valence-electron chi connectivity index (χ0n) is 37.2. The highest BCUT2D eigenvalue weighted by atomic mass is 15.0. The molecule has 3 aromatic heterocycles. The van der Waals surface area contributed by atoms with Gasteiger partial charge in [0.2, 0.25) is 0 Å². The molecule has 0 amide bonds. The van der Waals surface area contributed by atoms with E-state index < -0.39 is 0 Å². The van der Waals surface area contributed by atoms with Crippen LogP contribution in [0.3, 0.4) is 0 Å². The Kier molecular flexibility index (Phi) is 9.50. The predicted octanol–water partition coefficient (Wildman–Crippen LogP) is 17.3. The van der Waals surface area contributed by atoms with Crippen LogP contribution in [0.5, 0.6) is 0 Å². The molecule has 0 fully saturated rings. The first-order valence-electron chi connectivity index (χ1n) is 23.3. The van der Waals surface area contributed by atoms with Gasteiger partial charge in [-0.1, -0.05) is 182 Å². The molecule has 0 aliphatic rings. The van der Waals surface area contributed by atoms with E-state index in [1.165, 1.54) is 82.6 Å². The van der Waals surface area contributed by atoms with E-state index in [1.807, 2.05) is 6.07 Å².